The van der Waals surface area contributed by atoms with Crippen molar-refractivity contribution in [3.05, 3.63) is 89.5 Å². The van der Waals surface area contributed by atoms with E-state index < -0.39 is 0 Å². The number of hydrogen-bond acceptors (Lipinski definition) is 7. The minimum atomic E-state index is -0.317. The van der Waals surface area contributed by atoms with Gasteiger partial charge in [-0.3, -0.25) is 9.69 Å². The number of likely N-dealkylation sites (tertiary alicyclic amines) is 1. The molecule has 0 spiro atoms. The number of nitrogens with one attached hydrogen (secondary N) is 1. The predicted octanol–water partition coefficient (Wildman–Crippen LogP) is 6.76. The summed E-state index contributed by atoms with van der Waals surface area (Å²) in [5.41, 5.74) is 2.76. The van der Waals surface area contributed by atoms with E-state index in [2.05, 4.69) is 27.1 Å². The van der Waals surface area contributed by atoms with Gasteiger partial charge in [0.15, 0.2) is 0 Å². The van der Waals surface area contributed by atoms with Gasteiger partial charge in [0.2, 0.25) is 0 Å². The number of hydrogen-bond donors (Lipinski definition) is 1. The number of piperidine rings is 1. The summed E-state index contributed by atoms with van der Waals surface area (Å²) in [6.07, 6.45) is 7.50. The lowest BCUT2D eigenvalue weighted by molar-refractivity contribution is -0.114. The molecule has 1 aromatic heterocycles. The van der Waals surface area contributed by atoms with Crippen molar-refractivity contribution in [2.24, 2.45) is 5.92 Å². The van der Waals surface area contributed by atoms with Gasteiger partial charge in [0.25, 0.3) is 5.91 Å². The number of anilines is 3. The van der Waals surface area contributed by atoms with E-state index in [0.717, 1.165) is 30.9 Å². The van der Waals surface area contributed by atoms with Gasteiger partial charge in [-0.05, 0) is 73.8 Å². The Morgan fingerprint density at radius 1 is 1.14 bits per heavy atom. The second kappa shape index (κ2) is 13.0. The topological polar surface area (TPSA) is 79.8 Å². The van der Waals surface area contributed by atoms with Crippen LogP contribution in [0.15, 0.2) is 73.1 Å². The van der Waals surface area contributed by atoms with E-state index in [1.54, 1.807) is 35.2 Å². The Morgan fingerprint density at radius 3 is 2.81 bits per heavy atom. The lowest BCUT2D eigenvalue weighted by Gasteiger charge is -2.30. The van der Waals surface area contributed by atoms with Gasteiger partial charge in [-0.15, -0.1) is 0 Å². The zero-order valence-electron chi connectivity index (χ0n) is 23.9. The predicted molar refractivity (Wildman–Crippen MR) is 167 cm³/mol. The molecule has 1 fully saturated rings. The molecule has 2 aliphatic heterocycles. The van der Waals surface area contributed by atoms with Crippen molar-refractivity contribution < 1.29 is 18.7 Å². The van der Waals surface area contributed by atoms with Crippen LogP contribution in [0.4, 0.5) is 21.6 Å². The normalized spacial score (nSPS) is 15.8. The summed E-state index contributed by atoms with van der Waals surface area (Å²) in [6.45, 7) is 6.25. The van der Waals surface area contributed by atoms with Crippen molar-refractivity contribution >= 4 is 45.6 Å². The molecule has 2 aliphatic rings. The van der Waals surface area contributed by atoms with E-state index >= 15 is 0 Å². The fourth-order valence-corrected chi connectivity index (χ4v) is 5.59. The third-order valence-corrected chi connectivity index (χ3v) is 8.12. The summed E-state index contributed by atoms with van der Waals surface area (Å²) < 4.78 is 25.2. The summed E-state index contributed by atoms with van der Waals surface area (Å²) in [5.74, 6) is 2.02. The first-order valence-electron chi connectivity index (χ1n) is 14.5. The molecule has 6 rings (SSSR count). The Bertz CT molecular complexity index is 1660. The van der Waals surface area contributed by atoms with Crippen molar-refractivity contribution in [3.63, 3.8) is 0 Å². The molecule has 0 radical (unpaired) electrons. The molecule has 1 saturated heterocycles. The van der Waals surface area contributed by atoms with Crippen molar-refractivity contribution in [2.75, 3.05) is 43.0 Å². The summed E-state index contributed by atoms with van der Waals surface area (Å²) in [4.78, 5) is 26.3. The fourth-order valence-electron chi connectivity index (χ4n) is 5.35. The lowest BCUT2D eigenvalue weighted by Crippen LogP contribution is -2.37. The molecule has 43 heavy (non-hydrogen) atoms. The molecule has 0 atom stereocenters. The van der Waals surface area contributed by atoms with Crippen molar-refractivity contribution in [1.29, 1.82) is 0 Å². The zero-order valence-corrected chi connectivity index (χ0v) is 24.7. The van der Waals surface area contributed by atoms with Gasteiger partial charge < -0.3 is 19.7 Å². The van der Waals surface area contributed by atoms with Crippen molar-refractivity contribution in [1.82, 2.24) is 14.9 Å². The molecular formula is C33H33ClFN5O3. The fraction of sp³-hybridized carbons (Fsp3) is 0.303. The van der Waals surface area contributed by atoms with Gasteiger partial charge in [-0.2, -0.15) is 0 Å². The van der Waals surface area contributed by atoms with Gasteiger partial charge in [-0.1, -0.05) is 36.7 Å². The minimum Gasteiger partial charge on any atom is -0.489 e. The van der Waals surface area contributed by atoms with E-state index in [1.807, 2.05) is 24.3 Å². The average molecular weight is 602 g/mol. The van der Waals surface area contributed by atoms with E-state index in [1.165, 1.54) is 31.3 Å². The van der Waals surface area contributed by atoms with Crippen molar-refractivity contribution in [3.8, 4) is 11.5 Å². The molecule has 3 aromatic carbocycles. The highest BCUT2D eigenvalue weighted by atomic mass is 35.5. The quantitative estimate of drug-likeness (QED) is 0.224. The van der Waals surface area contributed by atoms with Gasteiger partial charge >= 0.3 is 0 Å². The Hall–Kier alpha value is -4.21. The van der Waals surface area contributed by atoms with Crippen LogP contribution in [-0.4, -0.2) is 53.6 Å². The second-order valence-electron chi connectivity index (χ2n) is 11.0. The van der Waals surface area contributed by atoms with Gasteiger partial charge in [-0.25, -0.2) is 14.4 Å². The molecule has 1 N–H and O–H groups in total. The van der Waals surface area contributed by atoms with Crippen LogP contribution < -0.4 is 19.7 Å². The monoisotopic (exact) mass is 601 g/mol. The van der Waals surface area contributed by atoms with Crippen molar-refractivity contribution in [2.45, 2.75) is 26.4 Å². The van der Waals surface area contributed by atoms with Gasteiger partial charge in [0, 0.05) is 29.8 Å². The Balaban J connectivity index is 1.18. The highest BCUT2D eigenvalue weighted by Crippen LogP contribution is 2.38. The molecular weight excluding hydrogens is 569 g/mol. The number of nitrogens with zero attached hydrogens (tertiary/aromatic N) is 4. The zero-order chi connectivity index (χ0) is 29.8. The SMILES string of the molecule is CC1CCN(CC=CC(=O)N2CCOc3cc4ncnc(Nc5ccc(OCc6cccc(F)c6)c(Cl)c5)c4cc32)CC1. The summed E-state index contributed by atoms with van der Waals surface area (Å²) in [7, 11) is 0. The largest absolute Gasteiger partial charge is 0.489 e. The molecule has 0 bridgehead atoms. The number of ether oxygens (including phenoxy) is 2. The highest BCUT2D eigenvalue weighted by Gasteiger charge is 2.24. The van der Waals surface area contributed by atoms with Crippen LogP contribution in [0.3, 0.4) is 0 Å². The molecule has 0 aliphatic carbocycles. The number of benzene rings is 3. The van der Waals surface area contributed by atoms with Gasteiger partial charge in [0.1, 0.15) is 42.7 Å². The average Bonchev–Trinajstić information content (AvgIpc) is 3.00. The Morgan fingerprint density at radius 2 is 2.00 bits per heavy atom. The lowest BCUT2D eigenvalue weighted by atomic mass is 9.99. The molecule has 4 aromatic rings. The van der Waals surface area contributed by atoms with Crippen LogP contribution in [0, 0.1) is 11.7 Å². The maximum absolute atomic E-state index is 13.5. The molecule has 8 nitrogen and oxygen atoms in total. The molecule has 1 amide bonds. The van der Waals surface area contributed by atoms with E-state index in [4.69, 9.17) is 21.1 Å². The highest BCUT2D eigenvalue weighted by molar-refractivity contribution is 6.32. The number of amides is 1. The first-order valence-corrected chi connectivity index (χ1v) is 14.9. The second-order valence-corrected chi connectivity index (χ2v) is 11.4. The summed E-state index contributed by atoms with van der Waals surface area (Å²) in [5, 5.41) is 4.45. The Kier molecular flexibility index (Phi) is 8.72. The van der Waals surface area contributed by atoms with E-state index in [-0.39, 0.29) is 18.3 Å². The summed E-state index contributed by atoms with van der Waals surface area (Å²) >= 11 is 6.52. The molecule has 0 unspecified atom stereocenters. The maximum atomic E-state index is 13.5. The van der Waals surface area contributed by atoms with Crippen LogP contribution in [0.2, 0.25) is 5.02 Å². The third kappa shape index (κ3) is 6.89. The summed E-state index contributed by atoms with van der Waals surface area (Å²) in [6, 6.07) is 15.3. The number of carbonyl (C=O) groups is 1. The number of fused-ring (bicyclic) bond motifs is 2. The van der Waals surface area contributed by atoms with Crippen LogP contribution in [-0.2, 0) is 11.4 Å². The van der Waals surface area contributed by atoms with Crippen LogP contribution >= 0.6 is 11.6 Å². The van der Waals surface area contributed by atoms with Gasteiger partial charge in [0.05, 0.1) is 22.8 Å². The Labute approximate surface area is 255 Å². The molecule has 3 heterocycles. The smallest absolute Gasteiger partial charge is 0.250 e. The first kappa shape index (κ1) is 28.9. The number of rotatable bonds is 8. The number of carbonyl (C=O) groups excluding carboxylic acids is 1. The minimum absolute atomic E-state index is 0.0822. The molecule has 10 heteroatoms. The number of halogens is 2. The van der Waals surface area contributed by atoms with E-state index in [0.29, 0.717) is 57.9 Å². The van der Waals surface area contributed by atoms with E-state index in [9.17, 15) is 9.18 Å². The van der Waals surface area contributed by atoms with Crippen LogP contribution in [0.1, 0.15) is 25.3 Å². The maximum Gasteiger partial charge on any atom is 0.250 e. The van der Waals surface area contributed by atoms with Crippen LogP contribution in [0.25, 0.3) is 10.9 Å². The standard InChI is InChI=1S/C33H33ClFN5O3/c1-22-9-12-39(13-10-22)11-3-6-32(41)40-14-15-42-31-19-28-26(18-29(31)40)33(37-21-36-28)38-25-7-8-30(27(34)17-25)43-20-23-4-2-5-24(35)16-23/h2-8,16-19,21-22H,9-15,20H2,1H3,(H,36,37,38). The third-order valence-electron chi connectivity index (χ3n) is 7.82. The first-order chi connectivity index (χ1) is 20.9. The molecule has 222 valence electrons. The molecule has 0 saturated carbocycles. The van der Waals surface area contributed by atoms with Crippen LogP contribution in [0.5, 0.6) is 11.5 Å². The number of aromatic nitrogens is 2.